The van der Waals surface area contributed by atoms with Crippen molar-refractivity contribution in [2.24, 2.45) is 5.10 Å². The van der Waals surface area contributed by atoms with Crippen LogP contribution >= 0.6 is 11.3 Å². The molecule has 2 aromatic rings. The van der Waals surface area contributed by atoms with Gasteiger partial charge in [-0.05, 0) is 19.1 Å². The van der Waals surface area contributed by atoms with Crippen molar-refractivity contribution in [2.45, 2.75) is 13.3 Å². The molecular formula is C18H22N4O4S. The van der Waals surface area contributed by atoms with E-state index in [4.69, 9.17) is 9.47 Å². The Labute approximate surface area is 161 Å². The van der Waals surface area contributed by atoms with Gasteiger partial charge in [0, 0.05) is 24.0 Å². The predicted molar refractivity (Wildman–Crippen MR) is 104 cm³/mol. The molecule has 27 heavy (non-hydrogen) atoms. The summed E-state index contributed by atoms with van der Waals surface area (Å²) >= 11 is 1.52. The van der Waals surface area contributed by atoms with Gasteiger partial charge < -0.3 is 19.5 Å². The molecule has 9 heteroatoms. The Morgan fingerprint density at radius 3 is 3.07 bits per heavy atom. The van der Waals surface area contributed by atoms with Crippen LogP contribution in [0.15, 0.2) is 28.7 Å². The van der Waals surface area contributed by atoms with Crippen LogP contribution in [0.1, 0.15) is 18.2 Å². The SMILES string of the molecule is CCOc1cccc(/C=N/NC(=O)Cc2csc(N3CCOCC3)n2)c1O. The van der Waals surface area contributed by atoms with Crippen molar-refractivity contribution in [1.82, 2.24) is 10.4 Å². The highest BCUT2D eigenvalue weighted by Gasteiger charge is 2.15. The summed E-state index contributed by atoms with van der Waals surface area (Å²) in [6, 6.07) is 5.10. The van der Waals surface area contributed by atoms with Gasteiger partial charge in [-0.2, -0.15) is 5.10 Å². The first kappa shape index (κ1) is 19.1. The van der Waals surface area contributed by atoms with Crippen LogP contribution in [0.25, 0.3) is 0 Å². The zero-order valence-electron chi connectivity index (χ0n) is 15.1. The van der Waals surface area contributed by atoms with Crippen LogP contribution in [0.2, 0.25) is 0 Å². The van der Waals surface area contributed by atoms with Crippen LogP contribution in [-0.2, 0) is 16.0 Å². The second-order valence-corrected chi connectivity index (χ2v) is 6.65. The Morgan fingerprint density at radius 1 is 1.48 bits per heavy atom. The van der Waals surface area contributed by atoms with Crippen molar-refractivity contribution in [3.63, 3.8) is 0 Å². The van der Waals surface area contributed by atoms with E-state index in [1.54, 1.807) is 18.2 Å². The molecule has 0 spiro atoms. The van der Waals surface area contributed by atoms with Gasteiger partial charge in [-0.1, -0.05) is 6.07 Å². The molecule has 1 aromatic heterocycles. The number of benzene rings is 1. The van der Waals surface area contributed by atoms with Gasteiger partial charge in [-0.3, -0.25) is 4.79 Å². The first-order chi connectivity index (χ1) is 13.2. The van der Waals surface area contributed by atoms with Crippen molar-refractivity contribution >= 4 is 28.6 Å². The van der Waals surface area contributed by atoms with Crippen LogP contribution in [0.5, 0.6) is 11.5 Å². The predicted octanol–water partition coefficient (Wildman–Crippen LogP) is 1.78. The number of hydrogen-bond donors (Lipinski definition) is 2. The first-order valence-electron chi connectivity index (χ1n) is 8.71. The van der Waals surface area contributed by atoms with Crippen LogP contribution in [-0.4, -0.2) is 55.1 Å². The fourth-order valence-electron chi connectivity index (χ4n) is 2.57. The lowest BCUT2D eigenvalue weighted by Crippen LogP contribution is -2.36. The van der Waals surface area contributed by atoms with Gasteiger partial charge in [0.2, 0.25) is 5.91 Å². The van der Waals surface area contributed by atoms with Gasteiger partial charge in [0.15, 0.2) is 16.6 Å². The maximum atomic E-state index is 12.1. The molecule has 1 aromatic carbocycles. The summed E-state index contributed by atoms with van der Waals surface area (Å²) in [5.41, 5.74) is 3.62. The molecule has 0 radical (unpaired) electrons. The average Bonchev–Trinajstić information content (AvgIpc) is 3.14. The van der Waals surface area contributed by atoms with Crippen molar-refractivity contribution in [3.8, 4) is 11.5 Å². The normalized spacial score (nSPS) is 14.5. The number of carbonyl (C=O) groups is 1. The van der Waals surface area contributed by atoms with Crippen molar-refractivity contribution < 1.29 is 19.4 Å². The molecule has 8 nitrogen and oxygen atoms in total. The molecule has 0 saturated carbocycles. The van der Waals surface area contributed by atoms with E-state index in [0.29, 0.717) is 36.8 Å². The summed E-state index contributed by atoms with van der Waals surface area (Å²) in [7, 11) is 0. The van der Waals surface area contributed by atoms with Crippen LogP contribution < -0.4 is 15.1 Å². The number of carbonyl (C=O) groups excluding carboxylic acids is 1. The third kappa shape index (κ3) is 5.18. The van der Waals surface area contributed by atoms with Gasteiger partial charge >= 0.3 is 0 Å². The van der Waals surface area contributed by atoms with Gasteiger partial charge in [-0.15, -0.1) is 11.3 Å². The second-order valence-electron chi connectivity index (χ2n) is 5.82. The van der Waals surface area contributed by atoms with Crippen molar-refractivity contribution in [2.75, 3.05) is 37.8 Å². The maximum absolute atomic E-state index is 12.1. The summed E-state index contributed by atoms with van der Waals surface area (Å²) < 4.78 is 10.7. The average molecular weight is 390 g/mol. The minimum atomic E-state index is -0.273. The van der Waals surface area contributed by atoms with E-state index in [1.165, 1.54) is 17.6 Å². The van der Waals surface area contributed by atoms with Crippen LogP contribution in [0.4, 0.5) is 5.13 Å². The summed E-state index contributed by atoms with van der Waals surface area (Å²) in [5.74, 6) is 0.100. The highest BCUT2D eigenvalue weighted by molar-refractivity contribution is 7.13. The van der Waals surface area contributed by atoms with Crippen LogP contribution in [0.3, 0.4) is 0 Å². The van der Waals surface area contributed by atoms with Crippen molar-refractivity contribution in [1.29, 1.82) is 0 Å². The highest BCUT2D eigenvalue weighted by atomic mass is 32.1. The van der Waals surface area contributed by atoms with E-state index < -0.39 is 0 Å². The summed E-state index contributed by atoms with van der Waals surface area (Å²) in [4.78, 5) is 18.7. The molecule has 0 bridgehead atoms. The molecule has 1 amide bonds. The molecule has 1 aliphatic rings. The molecule has 2 N–H and O–H groups in total. The number of thiazole rings is 1. The number of aromatic hydroxyl groups is 1. The van der Waals surface area contributed by atoms with Gasteiger partial charge in [0.1, 0.15) is 0 Å². The van der Waals surface area contributed by atoms with Crippen molar-refractivity contribution in [3.05, 3.63) is 34.8 Å². The van der Waals surface area contributed by atoms with E-state index in [-0.39, 0.29) is 18.1 Å². The molecule has 1 saturated heterocycles. The number of rotatable bonds is 7. The van der Waals surface area contributed by atoms with E-state index in [2.05, 4.69) is 20.4 Å². The number of aromatic nitrogens is 1. The van der Waals surface area contributed by atoms with E-state index >= 15 is 0 Å². The third-order valence-electron chi connectivity index (χ3n) is 3.89. The Morgan fingerprint density at radius 2 is 2.30 bits per heavy atom. The minimum absolute atomic E-state index is 0.00740. The minimum Gasteiger partial charge on any atom is -0.504 e. The van der Waals surface area contributed by atoms with Gasteiger partial charge in [-0.25, -0.2) is 10.4 Å². The Hall–Kier alpha value is -2.65. The van der Waals surface area contributed by atoms with Crippen LogP contribution in [0, 0.1) is 0 Å². The number of anilines is 1. The smallest absolute Gasteiger partial charge is 0.246 e. The Bertz CT molecular complexity index is 802. The Kier molecular flexibility index (Phi) is 6.61. The Balaban J connectivity index is 1.53. The number of amides is 1. The second kappa shape index (κ2) is 9.33. The maximum Gasteiger partial charge on any atom is 0.246 e. The number of ether oxygens (including phenoxy) is 2. The third-order valence-corrected chi connectivity index (χ3v) is 4.84. The quantitative estimate of drug-likeness (QED) is 0.553. The fraction of sp³-hybridized carbons (Fsp3) is 0.389. The highest BCUT2D eigenvalue weighted by Crippen LogP contribution is 2.28. The molecule has 2 heterocycles. The number of hydrazone groups is 1. The number of para-hydroxylation sites is 1. The molecule has 1 aliphatic heterocycles. The number of nitrogens with one attached hydrogen (secondary N) is 1. The summed E-state index contributed by atoms with van der Waals surface area (Å²) in [6.45, 7) is 5.30. The molecular weight excluding hydrogens is 368 g/mol. The molecule has 144 valence electrons. The number of phenols is 1. The molecule has 3 rings (SSSR count). The molecule has 0 unspecified atom stereocenters. The lowest BCUT2D eigenvalue weighted by atomic mass is 10.2. The number of morpholine rings is 1. The topological polar surface area (TPSA) is 96.3 Å². The zero-order valence-corrected chi connectivity index (χ0v) is 15.9. The summed E-state index contributed by atoms with van der Waals surface area (Å²) in [5, 5.41) is 16.8. The van der Waals surface area contributed by atoms with E-state index in [0.717, 1.165) is 18.2 Å². The lowest BCUT2D eigenvalue weighted by molar-refractivity contribution is -0.120. The molecule has 0 aliphatic carbocycles. The van der Waals surface area contributed by atoms with Gasteiger partial charge in [0.05, 0.1) is 38.1 Å². The fourth-order valence-corrected chi connectivity index (χ4v) is 3.45. The number of nitrogens with zero attached hydrogens (tertiary/aromatic N) is 3. The number of hydrogen-bond acceptors (Lipinski definition) is 8. The lowest BCUT2D eigenvalue weighted by Gasteiger charge is -2.26. The van der Waals surface area contributed by atoms with E-state index in [9.17, 15) is 9.90 Å². The monoisotopic (exact) mass is 390 g/mol. The largest absolute Gasteiger partial charge is 0.504 e. The first-order valence-corrected chi connectivity index (χ1v) is 9.59. The number of phenolic OH excluding ortho intramolecular Hbond substituents is 1. The standard InChI is InChI=1S/C18H22N4O4S/c1-2-26-15-5-3-4-13(17(15)24)11-19-21-16(23)10-14-12-27-18(20-14)22-6-8-25-9-7-22/h3-5,11-12,24H,2,6-10H2,1H3,(H,21,23)/b19-11+. The van der Waals surface area contributed by atoms with Gasteiger partial charge in [0.25, 0.3) is 0 Å². The summed E-state index contributed by atoms with van der Waals surface area (Å²) in [6.07, 6.45) is 1.53. The molecule has 1 fully saturated rings. The zero-order chi connectivity index (χ0) is 19.1. The van der Waals surface area contributed by atoms with E-state index in [1.807, 2.05) is 12.3 Å². The molecule has 0 atom stereocenters.